The topological polar surface area (TPSA) is 42.7 Å². The zero-order valence-corrected chi connectivity index (χ0v) is 13.3. The van der Waals surface area contributed by atoms with E-state index in [0.29, 0.717) is 6.04 Å². The first-order chi connectivity index (χ1) is 10.3. The Hall–Kier alpha value is -1.68. The molecule has 0 radical (unpaired) electrons. The van der Waals surface area contributed by atoms with Crippen LogP contribution in [0.5, 0.6) is 0 Å². The molecule has 4 nitrogen and oxygen atoms in total. The zero-order valence-electron chi connectivity index (χ0n) is 13.3. The molecule has 2 aromatic heterocycles. The van der Waals surface area contributed by atoms with E-state index in [2.05, 4.69) is 54.1 Å². The fourth-order valence-electron chi connectivity index (χ4n) is 2.70. The fourth-order valence-corrected chi connectivity index (χ4v) is 2.70. The van der Waals surface area contributed by atoms with Crippen molar-refractivity contribution in [3.8, 4) is 0 Å². The maximum Gasteiger partial charge on any atom is 0.0643 e. The van der Waals surface area contributed by atoms with E-state index in [-0.39, 0.29) is 6.04 Å². The van der Waals surface area contributed by atoms with Crippen LogP contribution in [0.4, 0.5) is 0 Å². The van der Waals surface area contributed by atoms with E-state index in [4.69, 9.17) is 5.10 Å². The molecule has 1 N–H and O–H groups in total. The van der Waals surface area contributed by atoms with Crippen molar-refractivity contribution in [2.24, 2.45) is 0 Å². The summed E-state index contributed by atoms with van der Waals surface area (Å²) >= 11 is 0. The molecule has 0 bridgehead atoms. The molecule has 0 aliphatic carbocycles. The molecular weight excluding hydrogens is 260 g/mol. The number of nitrogens with one attached hydrogen (secondary N) is 1. The van der Waals surface area contributed by atoms with E-state index in [1.807, 2.05) is 18.5 Å². The number of pyridine rings is 1. The van der Waals surface area contributed by atoms with Crippen LogP contribution in [-0.4, -0.2) is 21.3 Å². The third-order valence-electron chi connectivity index (χ3n) is 3.93. The molecule has 1 unspecified atom stereocenters. The van der Waals surface area contributed by atoms with E-state index in [1.54, 1.807) is 0 Å². The fraction of sp³-hybridized carbons (Fsp3) is 0.529. The van der Waals surface area contributed by atoms with Crippen molar-refractivity contribution in [3.63, 3.8) is 0 Å². The van der Waals surface area contributed by atoms with Gasteiger partial charge in [-0.3, -0.25) is 9.67 Å². The number of nitrogens with zero attached hydrogens (tertiary/aromatic N) is 3. The summed E-state index contributed by atoms with van der Waals surface area (Å²) in [5.74, 6) is 0. The smallest absolute Gasteiger partial charge is 0.0643 e. The standard InChI is InChI=1S/C17H26N4/c1-4-16(5-2)21-11-9-15(20-21)12-17(19-6-3)14-8-7-10-18-13-14/h7-11,13,16-17,19H,4-6,12H2,1-3H3. The average molecular weight is 286 g/mol. The quantitative estimate of drug-likeness (QED) is 0.807. The van der Waals surface area contributed by atoms with Gasteiger partial charge in [-0.05, 0) is 37.1 Å². The Morgan fingerprint density at radius 3 is 2.62 bits per heavy atom. The molecular formula is C17H26N4. The van der Waals surface area contributed by atoms with Gasteiger partial charge in [0.25, 0.3) is 0 Å². The van der Waals surface area contributed by atoms with Crippen LogP contribution < -0.4 is 5.32 Å². The maximum atomic E-state index is 4.76. The van der Waals surface area contributed by atoms with Crippen LogP contribution in [0.1, 0.15) is 57.0 Å². The van der Waals surface area contributed by atoms with Crippen LogP contribution in [0.3, 0.4) is 0 Å². The third-order valence-corrected chi connectivity index (χ3v) is 3.93. The molecule has 0 spiro atoms. The van der Waals surface area contributed by atoms with Crippen LogP contribution >= 0.6 is 0 Å². The van der Waals surface area contributed by atoms with Gasteiger partial charge in [0.1, 0.15) is 0 Å². The first kappa shape index (κ1) is 15.7. The first-order valence-corrected chi connectivity index (χ1v) is 7.95. The molecule has 0 saturated carbocycles. The van der Waals surface area contributed by atoms with Gasteiger partial charge < -0.3 is 5.32 Å². The monoisotopic (exact) mass is 286 g/mol. The molecule has 2 aromatic rings. The summed E-state index contributed by atoms with van der Waals surface area (Å²) in [7, 11) is 0. The van der Waals surface area contributed by atoms with E-state index < -0.39 is 0 Å². The first-order valence-electron chi connectivity index (χ1n) is 7.95. The van der Waals surface area contributed by atoms with E-state index in [1.165, 1.54) is 5.56 Å². The number of aromatic nitrogens is 3. The molecule has 0 fully saturated rings. The second-order valence-corrected chi connectivity index (χ2v) is 5.36. The summed E-state index contributed by atoms with van der Waals surface area (Å²) in [5, 5.41) is 8.28. The summed E-state index contributed by atoms with van der Waals surface area (Å²) in [6.07, 6.45) is 9.00. The van der Waals surface area contributed by atoms with Crippen molar-refractivity contribution in [1.82, 2.24) is 20.1 Å². The Kier molecular flexibility index (Phi) is 5.93. The van der Waals surface area contributed by atoms with Crippen LogP contribution in [0, 0.1) is 0 Å². The highest BCUT2D eigenvalue weighted by atomic mass is 15.3. The number of likely N-dealkylation sites (N-methyl/N-ethyl adjacent to an activating group) is 1. The van der Waals surface area contributed by atoms with Gasteiger partial charge in [0.05, 0.1) is 11.7 Å². The third kappa shape index (κ3) is 4.14. The Morgan fingerprint density at radius 2 is 2.00 bits per heavy atom. The second kappa shape index (κ2) is 7.93. The van der Waals surface area contributed by atoms with Crippen LogP contribution in [0.25, 0.3) is 0 Å². The summed E-state index contributed by atoms with van der Waals surface area (Å²) in [4.78, 5) is 4.22. The predicted molar refractivity (Wildman–Crippen MR) is 86.2 cm³/mol. The van der Waals surface area contributed by atoms with Crippen molar-refractivity contribution >= 4 is 0 Å². The Balaban J connectivity index is 2.11. The molecule has 0 aliphatic rings. The van der Waals surface area contributed by atoms with Gasteiger partial charge in [0.2, 0.25) is 0 Å². The summed E-state index contributed by atoms with van der Waals surface area (Å²) in [5.41, 5.74) is 2.35. The lowest BCUT2D eigenvalue weighted by Crippen LogP contribution is -2.23. The molecule has 21 heavy (non-hydrogen) atoms. The lowest BCUT2D eigenvalue weighted by atomic mass is 10.0. The lowest BCUT2D eigenvalue weighted by Gasteiger charge is -2.17. The minimum absolute atomic E-state index is 0.272. The number of hydrogen-bond donors (Lipinski definition) is 1. The van der Waals surface area contributed by atoms with Crippen molar-refractivity contribution < 1.29 is 0 Å². The zero-order chi connectivity index (χ0) is 15.1. The molecule has 2 rings (SSSR count). The number of rotatable bonds is 8. The van der Waals surface area contributed by atoms with Gasteiger partial charge in [-0.1, -0.05) is 26.8 Å². The van der Waals surface area contributed by atoms with Crippen LogP contribution in [-0.2, 0) is 6.42 Å². The van der Waals surface area contributed by atoms with Crippen LogP contribution in [0.15, 0.2) is 36.8 Å². The van der Waals surface area contributed by atoms with Gasteiger partial charge in [-0.2, -0.15) is 5.10 Å². The molecule has 114 valence electrons. The molecule has 2 heterocycles. The van der Waals surface area contributed by atoms with Gasteiger partial charge in [-0.15, -0.1) is 0 Å². The molecule has 0 amide bonds. The highest BCUT2D eigenvalue weighted by molar-refractivity contribution is 5.17. The minimum atomic E-state index is 0.272. The summed E-state index contributed by atoms with van der Waals surface area (Å²) in [6, 6.07) is 7.03. The Labute approximate surface area is 127 Å². The summed E-state index contributed by atoms with van der Waals surface area (Å²) in [6.45, 7) is 7.50. The largest absolute Gasteiger partial charge is 0.310 e. The SMILES string of the molecule is CCNC(Cc1ccn(C(CC)CC)n1)c1cccnc1. The summed E-state index contributed by atoms with van der Waals surface area (Å²) < 4.78 is 2.11. The predicted octanol–water partition coefficient (Wildman–Crippen LogP) is 3.53. The minimum Gasteiger partial charge on any atom is -0.310 e. The van der Waals surface area contributed by atoms with Gasteiger partial charge >= 0.3 is 0 Å². The van der Waals surface area contributed by atoms with Crippen molar-refractivity contribution in [1.29, 1.82) is 0 Å². The normalized spacial score (nSPS) is 12.8. The number of hydrogen-bond acceptors (Lipinski definition) is 3. The molecule has 4 heteroatoms. The Morgan fingerprint density at radius 1 is 1.19 bits per heavy atom. The highest BCUT2D eigenvalue weighted by Gasteiger charge is 2.14. The average Bonchev–Trinajstić information content (AvgIpc) is 2.97. The molecule has 1 atom stereocenters. The van der Waals surface area contributed by atoms with Gasteiger partial charge in [-0.25, -0.2) is 0 Å². The van der Waals surface area contributed by atoms with Gasteiger partial charge in [0, 0.05) is 31.1 Å². The molecule has 0 aromatic carbocycles. The van der Waals surface area contributed by atoms with Crippen molar-refractivity contribution in [2.45, 2.75) is 52.1 Å². The van der Waals surface area contributed by atoms with Gasteiger partial charge in [0.15, 0.2) is 0 Å². The van der Waals surface area contributed by atoms with Crippen molar-refractivity contribution in [3.05, 3.63) is 48.0 Å². The van der Waals surface area contributed by atoms with E-state index in [9.17, 15) is 0 Å². The molecule has 0 saturated heterocycles. The molecule has 0 aliphatic heterocycles. The highest BCUT2D eigenvalue weighted by Crippen LogP contribution is 2.19. The van der Waals surface area contributed by atoms with E-state index in [0.717, 1.165) is 31.5 Å². The second-order valence-electron chi connectivity index (χ2n) is 5.36. The van der Waals surface area contributed by atoms with Crippen molar-refractivity contribution in [2.75, 3.05) is 6.54 Å². The lowest BCUT2D eigenvalue weighted by molar-refractivity contribution is 0.422. The van der Waals surface area contributed by atoms with E-state index >= 15 is 0 Å². The maximum absolute atomic E-state index is 4.76. The Bertz CT molecular complexity index is 517. The van der Waals surface area contributed by atoms with Crippen LogP contribution in [0.2, 0.25) is 0 Å².